The van der Waals surface area contributed by atoms with Crippen molar-refractivity contribution in [1.29, 1.82) is 0 Å². The first-order valence-corrected chi connectivity index (χ1v) is 12.2. The molecular formula is C25H34N6O3. The standard InChI is InChI=1S/C25H34N6O3/c1-19-7-2-3-8-20(19)18-30-14-6-15-31-22(25(30)34)17-21(28-31)24(33)27-10-9-23(32)26-11-16-29-12-4-5-13-29/h2-3,7-8,17H,4-6,9-16,18H2,1H3,(H,26,32)(H,27,33). The molecule has 0 bridgehead atoms. The van der Waals surface area contributed by atoms with Crippen molar-refractivity contribution >= 4 is 17.7 Å². The van der Waals surface area contributed by atoms with E-state index in [0.717, 1.165) is 37.2 Å². The molecule has 34 heavy (non-hydrogen) atoms. The van der Waals surface area contributed by atoms with Crippen LogP contribution < -0.4 is 10.6 Å². The first kappa shape index (κ1) is 23.9. The molecule has 0 radical (unpaired) electrons. The highest BCUT2D eigenvalue weighted by Crippen LogP contribution is 2.18. The molecule has 2 aromatic rings. The molecule has 1 fully saturated rings. The predicted octanol–water partition coefficient (Wildman–Crippen LogP) is 1.57. The van der Waals surface area contributed by atoms with Crippen LogP contribution in [0.5, 0.6) is 0 Å². The Hall–Kier alpha value is -3.20. The van der Waals surface area contributed by atoms with E-state index in [1.165, 1.54) is 12.8 Å². The zero-order chi connectivity index (χ0) is 23.9. The number of hydrogen-bond acceptors (Lipinski definition) is 5. The van der Waals surface area contributed by atoms with Crippen LogP contribution in [-0.2, 0) is 17.9 Å². The number of aromatic nitrogens is 2. The van der Waals surface area contributed by atoms with Crippen LogP contribution in [0, 0.1) is 6.92 Å². The highest BCUT2D eigenvalue weighted by molar-refractivity contribution is 5.98. The number of amides is 3. The second-order valence-corrected chi connectivity index (χ2v) is 9.05. The van der Waals surface area contributed by atoms with Crippen LogP contribution in [0.25, 0.3) is 0 Å². The van der Waals surface area contributed by atoms with Gasteiger partial charge in [0, 0.05) is 51.8 Å². The topological polar surface area (TPSA) is 99.6 Å². The Morgan fingerprint density at radius 3 is 2.59 bits per heavy atom. The first-order chi connectivity index (χ1) is 16.5. The van der Waals surface area contributed by atoms with Gasteiger partial charge < -0.3 is 20.4 Å². The number of likely N-dealkylation sites (tertiary alicyclic amines) is 1. The fourth-order valence-electron chi connectivity index (χ4n) is 4.52. The molecule has 0 aliphatic carbocycles. The fraction of sp³-hybridized carbons (Fsp3) is 0.520. The zero-order valence-corrected chi connectivity index (χ0v) is 19.9. The van der Waals surface area contributed by atoms with Crippen molar-refractivity contribution in [3.8, 4) is 0 Å². The zero-order valence-electron chi connectivity index (χ0n) is 19.9. The van der Waals surface area contributed by atoms with E-state index in [2.05, 4.69) is 20.6 Å². The maximum Gasteiger partial charge on any atom is 0.272 e. The van der Waals surface area contributed by atoms with Crippen molar-refractivity contribution in [2.24, 2.45) is 0 Å². The summed E-state index contributed by atoms with van der Waals surface area (Å²) in [6, 6.07) is 9.60. The minimum absolute atomic E-state index is 0.0813. The van der Waals surface area contributed by atoms with Crippen LogP contribution in [0.2, 0.25) is 0 Å². The lowest BCUT2D eigenvalue weighted by molar-refractivity contribution is -0.121. The second-order valence-electron chi connectivity index (χ2n) is 9.05. The second kappa shape index (κ2) is 11.3. The number of carbonyl (C=O) groups is 3. The molecule has 3 amide bonds. The van der Waals surface area contributed by atoms with Crippen molar-refractivity contribution in [2.45, 2.75) is 45.7 Å². The van der Waals surface area contributed by atoms with Gasteiger partial charge in [0.05, 0.1) is 0 Å². The average Bonchev–Trinajstić information content (AvgIpc) is 3.47. The van der Waals surface area contributed by atoms with Gasteiger partial charge in [0.15, 0.2) is 5.69 Å². The Morgan fingerprint density at radius 2 is 1.79 bits per heavy atom. The van der Waals surface area contributed by atoms with Gasteiger partial charge in [0.1, 0.15) is 5.69 Å². The largest absolute Gasteiger partial charge is 0.355 e. The summed E-state index contributed by atoms with van der Waals surface area (Å²) in [6.07, 6.45) is 3.44. The molecule has 2 aliphatic heterocycles. The summed E-state index contributed by atoms with van der Waals surface area (Å²) in [5.74, 6) is -0.574. The van der Waals surface area contributed by atoms with E-state index in [0.29, 0.717) is 31.9 Å². The van der Waals surface area contributed by atoms with E-state index in [4.69, 9.17) is 0 Å². The van der Waals surface area contributed by atoms with Crippen LogP contribution in [-0.4, -0.2) is 76.6 Å². The summed E-state index contributed by atoms with van der Waals surface area (Å²) in [6.45, 7) is 7.73. The van der Waals surface area contributed by atoms with Gasteiger partial charge in [0.2, 0.25) is 5.91 Å². The van der Waals surface area contributed by atoms with Gasteiger partial charge in [-0.1, -0.05) is 24.3 Å². The third-order valence-electron chi connectivity index (χ3n) is 6.53. The number of hydrogen-bond donors (Lipinski definition) is 2. The van der Waals surface area contributed by atoms with Crippen LogP contribution in [0.1, 0.15) is 57.8 Å². The Labute approximate surface area is 200 Å². The van der Waals surface area contributed by atoms with Crippen molar-refractivity contribution < 1.29 is 14.4 Å². The Morgan fingerprint density at radius 1 is 1.00 bits per heavy atom. The van der Waals surface area contributed by atoms with E-state index < -0.39 is 0 Å². The molecule has 0 spiro atoms. The fourth-order valence-corrected chi connectivity index (χ4v) is 4.52. The molecule has 182 valence electrons. The van der Waals surface area contributed by atoms with Crippen molar-refractivity contribution in [1.82, 2.24) is 30.2 Å². The molecule has 0 saturated carbocycles. The molecule has 9 nitrogen and oxygen atoms in total. The van der Waals surface area contributed by atoms with Gasteiger partial charge in [-0.25, -0.2) is 0 Å². The van der Waals surface area contributed by atoms with Crippen LogP contribution >= 0.6 is 0 Å². The predicted molar refractivity (Wildman–Crippen MR) is 128 cm³/mol. The Kier molecular flexibility index (Phi) is 7.95. The number of rotatable bonds is 9. The summed E-state index contributed by atoms with van der Waals surface area (Å²) in [5, 5.41) is 10.0. The molecule has 0 atom stereocenters. The quantitative estimate of drug-likeness (QED) is 0.585. The smallest absolute Gasteiger partial charge is 0.272 e. The van der Waals surface area contributed by atoms with Gasteiger partial charge in [-0.3, -0.25) is 19.1 Å². The van der Waals surface area contributed by atoms with E-state index in [1.807, 2.05) is 36.1 Å². The van der Waals surface area contributed by atoms with Crippen molar-refractivity contribution in [3.63, 3.8) is 0 Å². The molecule has 2 N–H and O–H groups in total. The summed E-state index contributed by atoms with van der Waals surface area (Å²) in [5.41, 5.74) is 2.89. The summed E-state index contributed by atoms with van der Waals surface area (Å²) >= 11 is 0. The van der Waals surface area contributed by atoms with Gasteiger partial charge in [0.25, 0.3) is 11.8 Å². The molecule has 1 aromatic carbocycles. The molecule has 9 heteroatoms. The Balaban J connectivity index is 1.27. The summed E-state index contributed by atoms with van der Waals surface area (Å²) in [4.78, 5) is 41.9. The van der Waals surface area contributed by atoms with Gasteiger partial charge >= 0.3 is 0 Å². The average molecular weight is 467 g/mol. The number of benzene rings is 1. The minimum atomic E-state index is -0.372. The molecule has 1 aromatic heterocycles. The molecule has 3 heterocycles. The van der Waals surface area contributed by atoms with Gasteiger partial charge in [-0.2, -0.15) is 5.10 Å². The van der Waals surface area contributed by atoms with Crippen molar-refractivity contribution in [3.05, 3.63) is 52.8 Å². The number of fused-ring (bicyclic) bond motifs is 1. The minimum Gasteiger partial charge on any atom is -0.355 e. The summed E-state index contributed by atoms with van der Waals surface area (Å²) < 4.78 is 1.63. The molecule has 4 rings (SSSR count). The van der Waals surface area contributed by atoms with Gasteiger partial charge in [-0.05, 0) is 50.4 Å². The number of nitrogens with one attached hydrogen (secondary N) is 2. The van der Waals surface area contributed by atoms with E-state index >= 15 is 0 Å². The lowest BCUT2D eigenvalue weighted by Crippen LogP contribution is -2.35. The highest BCUT2D eigenvalue weighted by atomic mass is 16.2. The third-order valence-corrected chi connectivity index (χ3v) is 6.53. The highest BCUT2D eigenvalue weighted by Gasteiger charge is 2.26. The van der Waals surface area contributed by atoms with E-state index in [9.17, 15) is 14.4 Å². The van der Waals surface area contributed by atoms with E-state index in [1.54, 1.807) is 10.7 Å². The van der Waals surface area contributed by atoms with Gasteiger partial charge in [-0.15, -0.1) is 0 Å². The van der Waals surface area contributed by atoms with Crippen LogP contribution in [0.15, 0.2) is 30.3 Å². The lowest BCUT2D eigenvalue weighted by atomic mass is 10.1. The summed E-state index contributed by atoms with van der Waals surface area (Å²) in [7, 11) is 0. The van der Waals surface area contributed by atoms with Crippen LogP contribution in [0.4, 0.5) is 0 Å². The number of aryl methyl sites for hydroxylation is 2. The number of nitrogens with zero attached hydrogens (tertiary/aromatic N) is 4. The normalized spacial score (nSPS) is 16.3. The SMILES string of the molecule is Cc1ccccc1CN1CCCn2nc(C(=O)NCCC(=O)NCCN3CCCC3)cc2C1=O. The monoisotopic (exact) mass is 466 g/mol. The van der Waals surface area contributed by atoms with Crippen molar-refractivity contribution in [2.75, 3.05) is 39.3 Å². The maximum atomic E-state index is 13.2. The Bertz CT molecular complexity index is 1030. The van der Waals surface area contributed by atoms with E-state index in [-0.39, 0.29) is 36.4 Å². The first-order valence-electron chi connectivity index (χ1n) is 12.2. The maximum absolute atomic E-state index is 13.2. The molecule has 1 saturated heterocycles. The molecule has 0 unspecified atom stereocenters. The third kappa shape index (κ3) is 6.02. The number of carbonyl (C=O) groups excluding carboxylic acids is 3. The molecule has 2 aliphatic rings. The molecular weight excluding hydrogens is 432 g/mol. The lowest BCUT2D eigenvalue weighted by Gasteiger charge is -2.21. The van der Waals surface area contributed by atoms with Crippen LogP contribution in [0.3, 0.4) is 0 Å².